The molecule has 1 unspecified atom stereocenters. The number of hydrogen-bond acceptors (Lipinski definition) is 4. The van der Waals surface area contributed by atoms with Crippen molar-refractivity contribution in [2.75, 3.05) is 19.8 Å². The minimum atomic E-state index is -0.518. The van der Waals surface area contributed by atoms with E-state index in [1.807, 2.05) is 0 Å². The summed E-state index contributed by atoms with van der Waals surface area (Å²) in [5.74, 6) is -0.205. The van der Waals surface area contributed by atoms with E-state index >= 15 is 0 Å². The zero-order valence-corrected chi connectivity index (χ0v) is 19.6. The molecule has 0 bridgehead atoms. The minimum absolute atomic E-state index is 0.166. The highest BCUT2D eigenvalue weighted by Gasteiger charge is 2.13. The summed E-state index contributed by atoms with van der Waals surface area (Å²) in [6.07, 6.45) is 21.2. The Morgan fingerprint density at radius 2 is 1.14 bits per heavy atom. The molecule has 174 valence electrons. The van der Waals surface area contributed by atoms with Crippen molar-refractivity contribution in [3.05, 3.63) is 0 Å². The van der Waals surface area contributed by atoms with Gasteiger partial charge in [0.1, 0.15) is 6.10 Å². The monoisotopic (exact) mass is 414 g/mol. The van der Waals surface area contributed by atoms with Gasteiger partial charge in [0.25, 0.3) is 0 Å². The van der Waals surface area contributed by atoms with Gasteiger partial charge in [0.05, 0.1) is 13.2 Å². The zero-order chi connectivity index (χ0) is 21.4. The molecule has 0 aliphatic heterocycles. The molecule has 0 fully saturated rings. The Labute approximate surface area is 181 Å². The molecule has 0 heterocycles. The number of unbranched alkanes of at least 4 members (excludes halogenated alkanes) is 15. The van der Waals surface area contributed by atoms with Crippen LogP contribution in [-0.4, -0.2) is 37.0 Å². The van der Waals surface area contributed by atoms with Gasteiger partial charge in [0.15, 0.2) is 0 Å². The average molecular weight is 415 g/mol. The Kier molecular flexibility index (Phi) is 23.2. The number of ether oxygens (including phenoxy) is 2. The molecule has 0 aromatic heterocycles. The van der Waals surface area contributed by atoms with Crippen LogP contribution in [0, 0.1) is 0 Å². The van der Waals surface area contributed by atoms with Gasteiger partial charge in [-0.1, -0.05) is 110 Å². The largest absolute Gasteiger partial charge is 0.457 e. The van der Waals surface area contributed by atoms with Crippen molar-refractivity contribution >= 4 is 5.97 Å². The zero-order valence-electron chi connectivity index (χ0n) is 19.6. The number of hydrogen-bond donors (Lipinski definition) is 1. The summed E-state index contributed by atoms with van der Waals surface area (Å²) in [5, 5.41) is 9.38. The van der Waals surface area contributed by atoms with E-state index in [2.05, 4.69) is 13.8 Å². The highest BCUT2D eigenvalue weighted by molar-refractivity contribution is 5.69. The van der Waals surface area contributed by atoms with Crippen LogP contribution in [0.5, 0.6) is 0 Å². The number of aliphatic hydroxyl groups excluding tert-OH is 1. The van der Waals surface area contributed by atoms with Crippen LogP contribution in [0.1, 0.15) is 129 Å². The quantitative estimate of drug-likeness (QED) is 0.145. The van der Waals surface area contributed by atoms with E-state index in [-0.39, 0.29) is 12.6 Å². The van der Waals surface area contributed by atoms with E-state index in [1.54, 1.807) is 0 Å². The third-order valence-corrected chi connectivity index (χ3v) is 5.43. The first kappa shape index (κ1) is 28.4. The second-order valence-corrected chi connectivity index (χ2v) is 8.42. The summed E-state index contributed by atoms with van der Waals surface area (Å²) in [5.41, 5.74) is 0. The molecular formula is C25H50O4. The van der Waals surface area contributed by atoms with E-state index in [0.29, 0.717) is 19.6 Å². The molecule has 0 saturated carbocycles. The first-order valence-electron chi connectivity index (χ1n) is 12.6. The SMILES string of the molecule is CCCCCCCCCCCCCC(=O)OC(CO)COCCCCCCCC. The van der Waals surface area contributed by atoms with Crippen molar-refractivity contribution < 1.29 is 19.4 Å². The maximum absolute atomic E-state index is 11.9. The van der Waals surface area contributed by atoms with E-state index in [1.165, 1.54) is 89.9 Å². The van der Waals surface area contributed by atoms with Gasteiger partial charge >= 0.3 is 5.97 Å². The average Bonchev–Trinajstić information content (AvgIpc) is 2.73. The maximum Gasteiger partial charge on any atom is 0.306 e. The Bertz CT molecular complexity index is 333. The predicted octanol–water partition coefficient (Wildman–Crippen LogP) is 6.97. The van der Waals surface area contributed by atoms with E-state index < -0.39 is 6.10 Å². The number of aliphatic hydroxyl groups is 1. The van der Waals surface area contributed by atoms with Gasteiger partial charge in [-0.15, -0.1) is 0 Å². The molecule has 29 heavy (non-hydrogen) atoms. The van der Waals surface area contributed by atoms with Gasteiger partial charge in [0.2, 0.25) is 0 Å². The van der Waals surface area contributed by atoms with Crippen molar-refractivity contribution in [1.29, 1.82) is 0 Å². The Morgan fingerprint density at radius 1 is 0.690 bits per heavy atom. The molecule has 0 aromatic carbocycles. The van der Waals surface area contributed by atoms with Gasteiger partial charge in [-0.3, -0.25) is 4.79 Å². The highest BCUT2D eigenvalue weighted by atomic mass is 16.6. The molecule has 4 heteroatoms. The van der Waals surface area contributed by atoms with E-state index in [4.69, 9.17) is 9.47 Å². The lowest BCUT2D eigenvalue weighted by atomic mass is 10.1. The Balaban J connectivity index is 3.45. The molecule has 0 aliphatic rings. The second-order valence-electron chi connectivity index (χ2n) is 8.42. The van der Waals surface area contributed by atoms with Crippen LogP contribution in [0.4, 0.5) is 0 Å². The molecule has 1 atom stereocenters. The lowest BCUT2D eigenvalue weighted by molar-refractivity contribution is -0.154. The fraction of sp³-hybridized carbons (Fsp3) is 0.960. The molecule has 0 aliphatic carbocycles. The molecule has 1 N–H and O–H groups in total. The molecule has 0 rings (SSSR count). The number of esters is 1. The standard InChI is InChI=1S/C25H50O4/c1-3-5-7-9-11-12-13-14-15-16-18-20-25(27)29-24(22-26)23-28-21-19-17-10-8-6-4-2/h24,26H,3-23H2,1-2H3. The smallest absolute Gasteiger partial charge is 0.306 e. The summed E-state index contributed by atoms with van der Waals surface area (Å²) >= 11 is 0. The Hall–Kier alpha value is -0.610. The van der Waals surface area contributed by atoms with E-state index in [9.17, 15) is 9.90 Å². The Morgan fingerprint density at radius 3 is 1.62 bits per heavy atom. The van der Waals surface area contributed by atoms with Gasteiger partial charge in [-0.25, -0.2) is 0 Å². The summed E-state index contributed by atoms with van der Waals surface area (Å²) < 4.78 is 10.9. The minimum Gasteiger partial charge on any atom is -0.457 e. The number of carbonyl (C=O) groups is 1. The normalized spacial score (nSPS) is 12.2. The molecular weight excluding hydrogens is 364 g/mol. The fourth-order valence-corrected chi connectivity index (χ4v) is 3.50. The summed E-state index contributed by atoms with van der Waals surface area (Å²) in [4.78, 5) is 11.9. The van der Waals surface area contributed by atoms with Crippen molar-refractivity contribution in [2.24, 2.45) is 0 Å². The van der Waals surface area contributed by atoms with Crippen LogP contribution in [0.2, 0.25) is 0 Å². The first-order chi connectivity index (χ1) is 14.2. The topological polar surface area (TPSA) is 55.8 Å². The highest BCUT2D eigenvalue weighted by Crippen LogP contribution is 2.12. The van der Waals surface area contributed by atoms with Crippen LogP contribution in [0.15, 0.2) is 0 Å². The van der Waals surface area contributed by atoms with Gasteiger partial charge in [-0.05, 0) is 12.8 Å². The van der Waals surface area contributed by atoms with Crippen LogP contribution in [0.25, 0.3) is 0 Å². The van der Waals surface area contributed by atoms with Crippen molar-refractivity contribution in [2.45, 2.75) is 136 Å². The van der Waals surface area contributed by atoms with Crippen LogP contribution in [0.3, 0.4) is 0 Å². The summed E-state index contributed by atoms with van der Waals surface area (Å²) in [7, 11) is 0. The van der Waals surface area contributed by atoms with Gasteiger partial charge in [-0.2, -0.15) is 0 Å². The second kappa shape index (κ2) is 23.7. The predicted molar refractivity (Wildman–Crippen MR) is 122 cm³/mol. The maximum atomic E-state index is 11.9. The fourth-order valence-electron chi connectivity index (χ4n) is 3.50. The van der Waals surface area contributed by atoms with Crippen LogP contribution in [-0.2, 0) is 14.3 Å². The lowest BCUT2D eigenvalue weighted by Crippen LogP contribution is -2.27. The van der Waals surface area contributed by atoms with Crippen LogP contribution >= 0.6 is 0 Å². The van der Waals surface area contributed by atoms with Crippen molar-refractivity contribution in [1.82, 2.24) is 0 Å². The third-order valence-electron chi connectivity index (χ3n) is 5.43. The lowest BCUT2D eigenvalue weighted by Gasteiger charge is -2.15. The number of rotatable bonds is 23. The van der Waals surface area contributed by atoms with Crippen LogP contribution < -0.4 is 0 Å². The van der Waals surface area contributed by atoms with Gasteiger partial charge in [0, 0.05) is 13.0 Å². The summed E-state index contributed by atoms with van der Waals surface area (Å²) in [6, 6.07) is 0. The third kappa shape index (κ3) is 21.9. The molecule has 0 spiro atoms. The molecule has 0 aromatic rings. The van der Waals surface area contributed by atoms with E-state index in [0.717, 1.165) is 19.3 Å². The molecule has 0 saturated heterocycles. The summed E-state index contributed by atoms with van der Waals surface area (Å²) in [6.45, 7) is 5.29. The number of carbonyl (C=O) groups excluding carboxylic acids is 1. The van der Waals surface area contributed by atoms with Crippen molar-refractivity contribution in [3.8, 4) is 0 Å². The van der Waals surface area contributed by atoms with Crippen molar-refractivity contribution in [3.63, 3.8) is 0 Å². The molecule has 4 nitrogen and oxygen atoms in total. The molecule has 0 amide bonds. The first-order valence-corrected chi connectivity index (χ1v) is 12.6. The molecule has 0 radical (unpaired) electrons. The van der Waals surface area contributed by atoms with Gasteiger partial charge < -0.3 is 14.6 Å².